The molecule has 7 heteroatoms. The Morgan fingerprint density at radius 3 is 2.42 bits per heavy atom. The minimum atomic E-state index is -0.666. The van der Waals surface area contributed by atoms with Gasteiger partial charge in [-0.05, 0) is 86.6 Å². The number of amidine groups is 1. The van der Waals surface area contributed by atoms with E-state index in [1.54, 1.807) is 0 Å². The fraction of sp³-hybridized carbons (Fsp3) is 0.485. The number of likely N-dealkylation sites (tertiary alicyclic amines) is 2. The van der Waals surface area contributed by atoms with Crippen LogP contribution in [0.2, 0.25) is 0 Å². The van der Waals surface area contributed by atoms with Crippen LogP contribution >= 0.6 is 0 Å². The Morgan fingerprint density at radius 1 is 0.975 bits per heavy atom. The van der Waals surface area contributed by atoms with Gasteiger partial charge < -0.3 is 14.8 Å². The van der Waals surface area contributed by atoms with Gasteiger partial charge in [0.25, 0.3) is 5.91 Å². The number of carbonyl (C=O) groups excluding carboxylic acids is 2. The van der Waals surface area contributed by atoms with Crippen LogP contribution in [-0.4, -0.2) is 81.6 Å². The molecule has 1 saturated carbocycles. The molecule has 1 spiro atoms. The summed E-state index contributed by atoms with van der Waals surface area (Å²) in [6, 6.07) is 17.6. The second kappa shape index (κ2) is 9.88. The highest BCUT2D eigenvalue weighted by molar-refractivity contribution is 6.15. The van der Waals surface area contributed by atoms with Crippen LogP contribution in [-0.2, 0) is 9.59 Å². The van der Waals surface area contributed by atoms with Crippen LogP contribution in [0, 0.1) is 11.8 Å². The number of aromatic nitrogens is 1. The predicted molar refractivity (Wildman–Crippen MR) is 158 cm³/mol. The lowest BCUT2D eigenvalue weighted by atomic mass is 9.87. The van der Waals surface area contributed by atoms with Crippen LogP contribution in [0.15, 0.2) is 59.7 Å². The first-order valence-corrected chi connectivity index (χ1v) is 15.0. The summed E-state index contributed by atoms with van der Waals surface area (Å²) < 4.78 is 0. The molecule has 1 aliphatic carbocycles. The van der Waals surface area contributed by atoms with E-state index < -0.39 is 5.54 Å². The fourth-order valence-corrected chi connectivity index (χ4v) is 6.86. The molecule has 3 aliphatic heterocycles. The maximum Gasteiger partial charge on any atom is 0.256 e. The molecule has 1 atom stereocenters. The highest BCUT2D eigenvalue weighted by atomic mass is 16.2. The number of hydrogen-bond donors (Lipinski definition) is 1. The highest BCUT2D eigenvalue weighted by Crippen LogP contribution is 2.38. The number of benzene rings is 2. The van der Waals surface area contributed by atoms with Gasteiger partial charge in [-0.1, -0.05) is 30.3 Å². The van der Waals surface area contributed by atoms with Crippen LogP contribution in [0.25, 0.3) is 22.0 Å². The third-order valence-electron chi connectivity index (χ3n) is 9.57. The van der Waals surface area contributed by atoms with Gasteiger partial charge in [-0.3, -0.25) is 19.5 Å². The van der Waals surface area contributed by atoms with Crippen molar-refractivity contribution in [1.82, 2.24) is 19.7 Å². The molecule has 3 fully saturated rings. The number of aromatic amines is 1. The number of rotatable bonds is 6. The number of nitrogens with zero attached hydrogens (tertiary/aromatic N) is 4. The molecule has 4 aliphatic rings. The van der Waals surface area contributed by atoms with Gasteiger partial charge in [0.2, 0.25) is 5.91 Å². The van der Waals surface area contributed by atoms with Gasteiger partial charge in [-0.15, -0.1) is 0 Å². The number of aliphatic imine (C=N–C) groups is 1. The zero-order chi connectivity index (χ0) is 27.4. The normalized spacial score (nSPS) is 23.1. The average molecular weight is 538 g/mol. The minimum Gasteiger partial charge on any atom is -0.361 e. The summed E-state index contributed by atoms with van der Waals surface area (Å²) in [4.78, 5) is 41.8. The number of hydrogen-bond acceptors (Lipinski definition) is 4. The van der Waals surface area contributed by atoms with E-state index in [-0.39, 0.29) is 17.7 Å². The molecule has 208 valence electrons. The molecular formula is C33H39N5O2. The van der Waals surface area contributed by atoms with E-state index in [0.717, 1.165) is 80.8 Å². The van der Waals surface area contributed by atoms with E-state index in [0.29, 0.717) is 18.5 Å². The van der Waals surface area contributed by atoms with Crippen molar-refractivity contribution in [3.05, 3.63) is 60.3 Å². The first-order chi connectivity index (χ1) is 19.4. The molecule has 1 aromatic heterocycles. The molecule has 2 aromatic carbocycles. The smallest absolute Gasteiger partial charge is 0.256 e. The molecule has 40 heavy (non-hydrogen) atoms. The summed E-state index contributed by atoms with van der Waals surface area (Å²) in [5, 5.41) is 1.19. The predicted octanol–water partition coefficient (Wildman–Crippen LogP) is 4.93. The van der Waals surface area contributed by atoms with E-state index in [4.69, 9.17) is 4.99 Å². The Morgan fingerprint density at radius 2 is 1.70 bits per heavy atom. The van der Waals surface area contributed by atoms with Crippen molar-refractivity contribution in [3.63, 3.8) is 0 Å². The van der Waals surface area contributed by atoms with Crippen molar-refractivity contribution in [2.24, 2.45) is 16.8 Å². The summed E-state index contributed by atoms with van der Waals surface area (Å²) in [5.74, 6) is 1.81. The summed E-state index contributed by atoms with van der Waals surface area (Å²) >= 11 is 0. The highest BCUT2D eigenvalue weighted by Gasteiger charge is 2.51. The minimum absolute atomic E-state index is 0.153. The van der Waals surface area contributed by atoms with Gasteiger partial charge in [0.05, 0.1) is 0 Å². The van der Waals surface area contributed by atoms with Crippen molar-refractivity contribution in [2.75, 3.05) is 32.7 Å². The van der Waals surface area contributed by atoms with Gasteiger partial charge in [-0.2, -0.15) is 0 Å². The average Bonchev–Trinajstić information content (AvgIpc) is 3.43. The molecule has 4 heterocycles. The molecule has 7 nitrogen and oxygen atoms in total. The Bertz CT molecular complexity index is 1460. The van der Waals surface area contributed by atoms with Crippen molar-refractivity contribution in [3.8, 4) is 11.1 Å². The molecule has 0 unspecified atom stereocenters. The Hall–Kier alpha value is -3.45. The monoisotopic (exact) mass is 537 g/mol. The lowest BCUT2D eigenvalue weighted by Crippen LogP contribution is -2.52. The number of amides is 2. The van der Waals surface area contributed by atoms with Crippen LogP contribution in [0.3, 0.4) is 0 Å². The van der Waals surface area contributed by atoms with Gasteiger partial charge in [0.1, 0.15) is 11.4 Å². The van der Waals surface area contributed by atoms with E-state index in [1.807, 2.05) is 16.0 Å². The Kier molecular flexibility index (Phi) is 6.30. The quantitative estimate of drug-likeness (QED) is 0.485. The summed E-state index contributed by atoms with van der Waals surface area (Å²) in [6.07, 6.45) is 6.50. The number of H-pyrrole nitrogens is 1. The number of piperidine rings is 1. The standard InChI is InChI=1S/C33H39N5O2/c1-22(2)36-17-13-33(14-18-36)32(40)38(21-23-12-16-37(20-23)31(39)26-7-8-26)30(35-33)25-5-3-24(4-6-25)27-9-10-29-28(19-27)11-15-34-29/h3-6,9-11,15,19,22-23,26,34H,7-8,12-14,16-18,20-21H2,1-2H3/t23-/m1/s1. The van der Waals surface area contributed by atoms with E-state index in [9.17, 15) is 9.59 Å². The van der Waals surface area contributed by atoms with Crippen LogP contribution < -0.4 is 0 Å². The Labute approximate surface area is 236 Å². The molecule has 1 N–H and O–H groups in total. The summed E-state index contributed by atoms with van der Waals surface area (Å²) in [5.41, 5.74) is 3.78. The van der Waals surface area contributed by atoms with Crippen LogP contribution in [0.5, 0.6) is 0 Å². The van der Waals surface area contributed by atoms with Gasteiger partial charge in [-0.25, -0.2) is 0 Å². The third kappa shape index (κ3) is 4.54. The largest absolute Gasteiger partial charge is 0.361 e. The molecule has 7 rings (SSSR count). The van der Waals surface area contributed by atoms with Gasteiger partial charge >= 0.3 is 0 Å². The van der Waals surface area contributed by atoms with Crippen molar-refractivity contribution < 1.29 is 9.59 Å². The lowest BCUT2D eigenvalue weighted by Gasteiger charge is -2.38. The number of fused-ring (bicyclic) bond motifs is 1. The molecule has 0 bridgehead atoms. The lowest BCUT2D eigenvalue weighted by molar-refractivity contribution is -0.133. The molecule has 2 saturated heterocycles. The van der Waals surface area contributed by atoms with E-state index in [2.05, 4.69) is 72.3 Å². The third-order valence-corrected chi connectivity index (χ3v) is 9.57. The molecule has 3 aromatic rings. The summed E-state index contributed by atoms with van der Waals surface area (Å²) in [6.45, 7) is 8.42. The molecular weight excluding hydrogens is 498 g/mol. The molecule has 0 radical (unpaired) electrons. The van der Waals surface area contributed by atoms with E-state index >= 15 is 0 Å². The van der Waals surface area contributed by atoms with Gasteiger partial charge in [0.15, 0.2) is 0 Å². The molecule has 2 amide bonds. The maximum atomic E-state index is 14.2. The SMILES string of the molecule is CC(C)N1CCC2(CC1)N=C(c1ccc(-c3ccc4[nH]ccc4c3)cc1)N(C[C@@H]1CCN(C(=O)C3CC3)C1)C2=O. The zero-order valence-corrected chi connectivity index (χ0v) is 23.6. The first kappa shape index (κ1) is 25.5. The Balaban J connectivity index is 1.16. The number of carbonyl (C=O) groups is 2. The fourth-order valence-electron chi connectivity index (χ4n) is 6.86. The second-order valence-electron chi connectivity index (χ2n) is 12.6. The number of nitrogens with one attached hydrogen (secondary N) is 1. The van der Waals surface area contributed by atoms with Crippen molar-refractivity contribution >= 4 is 28.6 Å². The topological polar surface area (TPSA) is 72.0 Å². The van der Waals surface area contributed by atoms with Crippen molar-refractivity contribution in [1.29, 1.82) is 0 Å². The van der Waals surface area contributed by atoms with Crippen LogP contribution in [0.1, 0.15) is 51.5 Å². The second-order valence-corrected chi connectivity index (χ2v) is 12.6. The first-order valence-electron chi connectivity index (χ1n) is 15.0. The summed E-state index contributed by atoms with van der Waals surface area (Å²) in [7, 11) is 0. The van der Waals surface area contributed by atoms with Crippen molar-refractivity contribution in [2.45, 2.75) is 57.5 Å². The van der Waals surface area contributed by atoms with Gasteiger partial charge in [0, 0.05) is 62.0 Å². The zero-order valence-electron chi connectivity index (χ0n) is 23.6. The van der Waals surface area contributed by atoms with Crippen LogP contribution in [0.4, 0.5) is 0 Å². The van der Waals surface area contributed by atoms with E-state index in [1.165, 1.54) is 10.9 Å². The maximum absolute atomic E-state index is 14.2.